The molecular weight excluding hydrogens is 444 g/mol. The summed E-state index contributed by atoms with van der Waals surface area (Å²) in [5.74, 6) is 0.913. The van der Waals surface area contributed by atoms with Gasteiger partial charge in [0, 0.05) is 17.7 Å². The molecule has 1 N–H and O–H groups in total. The van der Waals surface area contributed by atoms with E-state index in [0.717, 1.165) is 31.2 Å². The maximum Gasteiger partial charge on any atom is 0.273 e. The van der Waals surface area contributed by atoms with E-state index >= 15 is 0 Å². The van der Waals surface area contributed by atoms with E-state index in [1.54, 1.807) is 28.0 Å². The first kappa shape index (κ1) is 23.2. The van der Waals surface area contributed by atoms with Crippen molar-refractivity contribution >= 4 is 11.8 Å². The SMILES string of the molecule is CCOc1ccccc1CN1C(=O)c2cc(-c3ccco3)nn2C[C@@]1(C)C(=O)NC1CCCCC1. The topological polar surface area (TPSA) is 89.6 Å². The second kappa shape index (κ2) is 9.60. The summed E-state index contributed by atoms with van der Waals surface area (Å²) in [7, 11) is 0. The van der Waals surface area contributed by atoms with Crippen LogP contribution in [0.4, 0.5) is 0 Å². The number of carbonyl (C=O) groups is 2. The fraction of sp³-hybridized carbons (Fsp3) is 0.444. The maximum absolute atomic E-state index is 13.9. The average molecular weight is 477 g/mol. The van der Waals surface area contributed by atoms with E-state index in [2.05, 4.69) is 10.4 Å². The third kappa shape index (κ3) is 4.45. The van der Waals surface area contributed by atoms with E-state index in [1.807, 2.05) is 44.2 Å². The van der Waals surface area contributed by atoms with E-state index in [-0.39, 0.29) is 30.9 Å². The number of furan rings is 1. The van der Waals surface area contributed by atoms with Crippen molar-refractivity contribution in [3.63, 3.8) is 0 Å². The van der Waals surface area contributed by atoms with Crippen LogP contribution in [-0.4, -0.2) is 44.7 Å². The van der Waals surface area contributed by atoms with Gasteiger partial charge in [0.2, 0.25) is 5.91 Å². The number of amides is 2. The molecule has 0 saturated heterocycles. The number of hydrogen-bond donors (Lipinski definition) is 1. The first-order valence-electron chi connectivity index (χ1n) is 12.4. The van der Waals surface area contributed by atoms with Gasteiger partial charge in [0.1, 0.15) is 22.7 Å². The fourth-order valence-electron chi connectivity index (χ4n) is 5.12. The van der Waals surface area contributed by atoms with E-state index in [4.69, 9.17) is 9.15 Å². The number of hydrogen-bond acceptors (Lipinski definition) is 5. The van der Waals surface area contributed by atoms with Crippen molar-refractivity contribution in [2.75, 3.05) is 6.61 Å². The van der Waals surface area contributed by atoms with Gasteiger partial charge in [-0.3, -0.25) is 14.3 Å². The van der Waals surface area contributed by atoms with Crippen LogP contribution in [0.2, 0.25) is 0 Å². The van der Waals surface area contributed by atoms with Gasteiger partial charge in [0.15, 0.2) is 5.76 Å². The van der Waals surface area contributed by atoms with Crippen molar-refractivity contribution in [2.45, 2.75) is 70.6 Å². The maximum atomic E-state index is 13.9. The molecule has 0 radical (unpaired) electrons. The van der Waals surface area contributed by atoms with Gasteiger partial charge in [-0.2, -0.15) is 5.10 Å². The lowest BCUT2D eigenvalue weighted by atomic mass is 9.91. The van der Waals surface area contributed by atoms with Gasteiger partial charge in [-0.15, -0.1) is 0 Å². The third-order valence-corrected chi connectivity index (χ3v) is 7.10. The van der Waals surface area contributed by atoms with Crippen molar-refractivity contribution in [3.05, 3.63) is 60.0 Å². The zero-order valence-corrected chi connectivity index (χ0v) is 20.3. The summed E-state index contributed by atoms with van der Waals surface area (Å²) in [6.07, 6.45) is 6.95. The number of para-hydroxylation sites is 1. The molecule has 1 atom stereocenters. The van der Waals surface area contributed by atoms with Gasteiger partial charge in [-0.1, -0.05) is 37.5 Å². The van der Waals surface area contributed by atoms with Gasteiger partial charge in [0.25, 0.3) is 5.91 Å². The van der Waals surface area contributed by atoms with Crippen molar-refractivity contribution < 1.29 is 18.7 Å². The second-order valence-electron chi connectivity index (χ2n) is 9.56. The minimum absolute atomic E-state index is 0.137. The molecule has 3 heterocycles. The summed E-state index contributed by atoms with van der Waals surface area (Å²) in [6.45, 7) is 4.79. The molecule has 1 saturated carbocycles. The largest absolute Gasteiger partial charge is 0.494 e. The molecule has 2 aliphatic rings. The Balaban J connectivity index is 1.52. The molecule has 1 aromatic carbocycles. The molecule has 1 aliphatic carbocycles. The van der Waals surface area contributed by atoms with Crippen molar-refractivity contribution in [1.29, 1.82) is 0 Å². The molecule has 8 heteroatoms. The molecule has 1 aliphatic heterocycles. The lowest BCUT2D eigenvalue weighted by molar-refractivity contribution is -0.134. The number of fused-ring (bicyclic) bond motifs is 1. The smallest absolute Gasteiger partial charge is 0.273 e. The van der Waals surface area contributed by atoms with Crippen LogP contribution in [0.5, 0.6) is 5.75 Å². The van der Waals surface area contributed by atoms with Crippen LogP contribution in [0.25, 0.3) is 11.5 Å². The Morgan fingerprint density at radius 1 is 1.20 bits per heavy atom. The first-order valence-corrected chi connectivity index (χ1v) is 12.4. The second-order valence-corrected chi connectivity index (χ2v) is 9.56. The summed E-state index contributed by atoms with van der Waals surface area (Å²) >= 11 is 0. The highest BCUT2D eigenvalue weighted by Crippen LogP contribution is 2.33. The number of nitrogens with one attached hydrogen (secondary N) is 1. The number of nitrogens with zero attached hydrogens (tertiary/aromatic N) is 3. The Morgan fingerprint density at radius 2 is 2.00 bits per heavy atom. The summed E-state index contributed by atoms with van der Waals surface area (Å²) in [5, 5.41) is 7.87. The van der Waals surface area contributed by atoms with Crippen LogP contribution in [-0.2, 0) is 17.9 Å². The molecule has 0 unspecified atom stereocenters. The Bertz CT molecular complexity index is 1200. The van der Waals surface area contributed by atoms with Gasteiger partial charge in [0.05, 0.1) is 26.0 Å². The average Bonchev–Trinajstić information content (AvgIpc) is 3.54. The zero-order valence-electron chi connectivity index (χ0n) is 20.3. The van der Waals surface area contributed by atoms with Crippen LogP contribution in [0, 0.1) is 0 Å². The summed E-state index contributed by atoms with van der Waals surface area (Å²) in [4.78, 5) is 29.4. The van der Waals surface area contributed by atoms with Gasteiger partial charge >= 0.3 is 0 Å². The molecule has 35 heavy (non-hydrogen) atoms. The standard InChI is InChI=1S/C27H32N4O4/c1-3-34-23-13-8-7-10-19(23)17-30-25(32)22-16-21(24-14-9-15-35-24)29-31(22)18-27(30,2)26(33)28-20-11-5-4-6-12-20/h7-10,13-16,20H,3-6,11-12,17-18H2,1-2H3,(H,28,33)/t27-/m0/s1. The number of ether oxygens (including phenoxy) is 1. The Hall–Kier alpha value is -3.55. The van der Waals surface area contributed by atoms with Crippen LogP contribution in [0.3, 0.4) is 0 Å². The molecule has 2 aromatic heterocycles. The van der Waals surface area contributed by atoms with Crippen molar-refractivity contribution in [3.8, 4) is 17.2 Å². The van der Waals surface area contributed by atoms with Crippen molar-refractivity contribution in [1.82, 2.24) is 20.0 Å². The quantitative estimate of drug-likeness (QED) is 0.546. The van der Waals surface area contributed by atoms with Crippen LogP contribution >= 0.6 is 0 Å². The Labute approximate surface area is 205 Å². The molecule has 184 valence electrons. The van der Waals surface area contributed by atoms with Gasteiger partial charge < -0.3 is 19.4 Å². The third-order valence-electron chi connectivity index (χ3n) is 7.10. The lowest BCUT2D eigenvalue weighted by Gasteiger charge is -2.44. The molecule has 0 spiro atoms. The van der Waals surface area contributed by atoms with E-state index in [1.165, 1.54) is 6.42 Å². The first-order chi connectivity index (χ1) is 17.0. The normalized spacial score (nSPS) is 20.5. The minimum atomic E-state index is -1.12. The van der Waals surface area contributed by atoms with Crippen LogP contribution in [0.15, 0.2) is 53.1 Å². The molecule has 8 nitrogen and oxygen atoms in total. The summed E-state index contributed by atoms with van der Waals surface area (Å²) in [5.41, 5.74) is 0.754. The minimum Gasteiger partial charge on any atom is -0.494 e. The lowest BCUT2D eigenvalue weighted by Crippen LogP contribution is -2.64. The summed E-state index contributed by atoms with van der Waals surface area (Å²) in [6, 6.07) is 13.1. The van der Waals surface area contributed by atoms with Crippen LogP contribution in [0.1, 0.15) is 62.0 Å². The molecular formula is C27H32N4O4. The number of rotatable bonds is 7. The van der Waals surface area contributed by atoms with Crippen LogP contribution < -0.4 is 10.1 Å². The number of benzene rings is 1. The van der Waals surface area contributed by atoms with Gasteiger partial charge in [-0.05, 0) is 44.9 Å². The zero-order chi connectivity index (χ0) is 24.4. The molecule has 1 fully saturated rings. The van der Waals surface area contributed by atoms with Gasteiger partial charge in [-0.25, -0.2) is 0 Å². The molecule has 5 rings (SSSR count). The predicted octanol–water partition coefficient (Wildman–Crippen LogP) is 4.41. The highest BCUT2D eigenvalue weighted by Gasteiger charge is 2.48. The summed E-state index contributed by atoms with van der Waals surface area (Å²) < 4.78 is 13.0. The van der Waals surface area contributed by atoms with E-state index in [0.29, 0.717) is 29.5 Å². The monoisotopic (exact) mass is 476 g/mol. The Morgan fingerprint density at radius 3 is 2.74 bits per heavy atom. The molecule has 0 bridgehead atoms. The number of aromatic nitrogens is 2. The number of carbonyl (C=O) groups excluding carboxylic acids is 2. The fourth-order valence-corrected chi connectivity index (χ4v) is 5.12. The van der Waals surface area contributed by atoms with E-state index < -0.39 is 5.54 Å². The molecule has 3 aromatic rings. The Kier molecular flexibility index (Phi) is 6.36. The highest BCUT2D eigenvalue weighted by molar-refractivity contribution is 6.00. The van der Waals surface area contributed by atoms with E-state index in [9.17, 15) is 9.59 Å². The van der Waals surface area contributed by atoms with Crippen molar-refractivity contribution in [2.24, 2.45) is 0 Å². The highest BCUT2D eigenvalue weighted by atomic mass is 16.5. The molecule has 2 amide bonds. The predicted molar refractivity (Wildman–Crippen MR) is 131 cm³/mol.